The third kappa shape index (κ3) is 5.69. The summed E-state index contributed by atoms with van der Waals surface area (Å²) in [6.07, 6.45) is 7.91. The number of aryl methyl sites for hydroxylation is 1. The van der Waals surface area contributed by atoms with Crippen molar-refractivity contribution in [3.63, 3.8) is 0 Å². The van der Waals surface area contributed by atoms with Gasteiger partial charge < -0.3 is 19.1 Å². The van der Waals surface area contributed by atoms with Crippen LogP contribution >= 0.6 is 11.6 Å². The molecule has 1 aromatic carbocycles. The molecule has 1 saturated heterocycles. The molecule has 6 rings (SSSR count). The standard InChI is InChI=1S/C31H37ClFN5O2/c1-20-3-6-29-21(2)38(13-12-37(20)29)30(39)16-24-4-5-26(17-28(24)33)40-14-9-23-15-27(23)22-7-10-36(11-8-22)31-34-18-25(32)19-35-31/h3-6,17-19,21-23,27H,7-16H2,1-2H3/t21?,23-,27-/m1/s1. The molecule has 3 aromatic rings. The van der Waals surface area contributed by atoms with Gasteiger partial charge in [-0.1, -0.05) is 17.7 Å². The topological polar surface area (TPSA) is 63.5 Å². The molecule has 0 spiro atoms. The number of carbonyl (C=O) groups excluding carboxylic acids is 1. The van der Waals surface area contributed by atoms with Crippen molar-refractivity contribution < 1.29 is 13.9 Å². The summed E-state index contributed by atoms with van der Waals surface area (Å²) in [5, 5.41) is 0.560. The molecular weight excluding hydrogens is 529 g/mol. The van der Waals surface area contributed by atoms with Gasteiger partial charge in [-0.3, -0.25) is 4.79 Å². The first-order valence-corrected chi connectivity index (χ1v) is 14.8. The van der Waals surface area contributed by atoms with Crippen LogP contribution in [0.25, 0.3) is 0 Å². The van der Waals surface area contributed by atoms with Gasteiger partial charge in [0.05, 0.1) is 36.5 Å². The van der Waals surface area contributed by atoms with E-state index in [1.165, 1.54) is 18.2 Å². The van der Waals surface area contributed by atoms with Crippen LogP contribution in [-0.2, 0) is 17.8 Å². The summed E-state index contributed by atoms with van der Waals surface area (Å²) in [6.45, 7) is 8.08. The van der Waals surface area contributed by atoms with Crippen LogP contribution in [0.3, 0.4) is 0 Å². The number of hydrogen-bond acceptors (Lipinski definition) is 5. The second-order valence-corrected chi connectivity index (χ2v) is 12.0. The van der Waals surface area contributed by atoms with Crippen molar-refractivity contribution in [3.05, 3.63) is 70.5 Å². The number of nitrogens with zero attached hydrogens (tertiary/aromatic N) is 5. The molecule has 2 aliphatic heterocycles. The Bertz CT molecular complexity index is 1350. The summed E-state index contributed by atoms with van der Waals surface area (Å²) in [4.78, 5) is 25.9. The molecule has 3 atom stereocenters. The average molecular weight is 566 g/mol. The molecule has 2 aromatic heterocycles. The van der Waals surface area contributed by atoms with Crippen LogP contribution in [0.15, 0.2) is 42.7 Å². The lowest BCUT2D eigenvalue weighted by atomic mass is 9.90. The zero-order valence-corrected chi connectivity index (χ0v) is 24.0. The van der Waals surface area contributed by atoms with Gasteiger partial charge in [0.1, 0.15) is 11.6 Å². The smallest absolute Gasteiger partial charge is 0.227 e. The molecule has 4 heterocycles. The third-order valence-corrected chi connectivity index (χ3v) is 9.34. The number of rotatable bonds is 8. The summed E-state index contributed by atoms with van der Waals surface area (Å²) in [5.74, 6) is 3.04. The normalized spacial score (nSPS) is 22.8. The van der Waals surface area contributed by atoms with E-state index in [0.717, 1.165) is 62.4 Å². The fourth-order valence-electron chi connectivity index (χ4n) is 6.69. The molecule has 1 aliphatic carbocycles. The van der Waals surface area contributed by atoms with E-state index in [2.05, 4.69) is 38.5 Å². The van der Waals surface area contributed by atoms with Crippen molar-refractivity contribution in [2.75, 3.05) is 31.1 Å². The molecule has 0 bridgehead atoms. The number of carbonyl (C=O) groups is 1. The number of hydrogen-bond donors (Lipinski definition) is 0. The van der Waals surface area contributed by atoms with Crippen molar-refractivity contribution in [1.29, 1.82) is 0 Å². The number of anilines is 1. The van der Waals surface area contributed by atoms with Crippen LogP contribution in [0, 0.1) is 30.5 Å². The highest BCUT2D eigenvalue weighted by Crippen LogP contribution is 2.50. The van der Waals surface area contributed by atoms with Gasteiger partial charge in [-0.2, -0.15) is 0 Å². The monoisotopic (exact) mass is 565 g/mol. The maximum atomic E-state index is 14.9. The highest BCUT2D eigenvalue weighted by Gasteiger charge is 2.43. The Morgan fingerprint density at radius 3 is 2.62 bits per heavy atom. The summed E-state index contributed by atoms with van der Waals surface area (Å²) < 4.78 is 23.1. The van der Waals surface area contributed by atoms with Gasteiger partial charge in [0, 0.05) is 43.6 Å². The number of amides is 1. The Morgan fingerprint density at radius 2 is 1.88 bits per heavy atom. The first kappa shape index (κ1) is 27.1. The molecule has 0 N–H and O–H groups in total. The Kier molecular flexibility index (Phi) is 7.71. The van der Waals surface area contributed by atoms with Crippen LogP contribution in [0.1, 0.15) is 55.6 Å². The second-order valence-electron chi connectivity index (χ2n) is 11.6. The Labute approximate surface area is 240 Å². The zero-order valence-electron chi connectivity index (χ0n) is 23.2. The first-order chi connectivity index (χ1) is 19.4. The molecule has 1 saturated carbocycles. The van der Waals surface area contributed by atoms with E-state index in [1.807, 2.05) is 11.8 Å². The molecule has 40 heavy (non-hydrogen) atoms. The Morgan fingerprint density at radius 1 is 1.10 bits per heavy atom. The van der Waals surface area contributed by atoms with Gasteiger partial charge in [0.2, 0.25) is 11.9 Å². The summed E-state index contributed by atoms with van der Waals surface area (Å²) in [6, 6.07) is 9.06. The molecular formula is C31H37ClFN5O2. The quantitative estimate of drug-likeness (QED) is 0.343. The number of ether oxygens (including phenoxy) is 1. The van der Waals surface area contributed by atoms with Crippen molar-refractivity contribution >= 4 is 23.5 Å². The minimum atomic E-state index is -0.379. The largest absolute Gasteiger partial charge is 0.493 e. The summed E-state index contributed by atoms with van der Waals surface area (Å²) in [5.41, 5.74) is 2.76. The molecule has 7 nitrogen and oxygen atoms in total. The predicted octanol–water partition coefficient (Wildman–Crippen LogP) is 5.85. The van der Waals surface area contributed by atoms with Gasteiger partial charge >= 0.3 is 0 Å². The van der Waals surface area contributed by atoms with Crippen molar-refractivity contribution in [1.82, 2.24) is 19.4 Å². The third-order valence-electron chi connectivity index (χ3n) is 9.15. The van der Waals surface area contributed by atoms with Crippen LogP contribution in [-0.4, -0.2) is 51.6 Å². The van der Waals surface area contributed by atoms with Gasteiger partial charge in [-0.25, -0.2) is 14.4 Å². The van der Waals surface area contributed by atoms with E-state index in [0.29, 0.717) is 35.4 Å². The van der Waals surface area contributed by atoms with E-state index in [1.54, 1.807) is 24.5 Å². The maximum Gasteiger partial charge on any atom is 0.227 e. The fraction of sp³-hybridized carbons (Fsp3) is 0.516. The minimum absolute atomic E-state index is 0.0167. The first-order valence-electron chi connectivity index (χ1n) is 14.5. The number of halogens is 2. The molecule has 212 valence electrons. The summed E-state index contributed by atoms with van der Waals surface area (Å²) >= 11 is 5.91. The SMILES string of the molecule is Cc1ccc2n1CCN(C(=O)Cc1ccc(OCC[C@@H]3C[C@@H]3C3CCN(c4ncc(Cl)cn4)CC3)cc1F)C2C. The van der Waals surface area contributed by atoms with Gasteiger partial charge in [0.15, 0.2) is 0 Å². The van der Waals surface area contributed by atoms with Crippen molar-refractivity contribution in [2.24, 2.45) is 17.8 Å². The zero-order chi connectivity index (χ0) is 27.8. The van der Waals surface area contributed by atoms with E-state index in [9.17, 15) is 9.18 Å². The van der Waals surface area contributed by atoms with E-state index in [-0.39, 0.29) is 24.2 Å². The number of fused-ring (bicyclic) bond motifs is 1. The number of aromatic nitrogens is 3. The Balaban J connectivity index is 0.937. The molecule has 1 unspecified atom stereocenters. The lowest BCUT2D eigenvalue weighted by Gasteiger charge is -2.35. The van der Waals surface area contributed by atoms with Crippen molar-refractivity contribution in [2.45, 2.75) is 58.5 Å². The molecule has 2 fully saturated rings. The molecule has 0 radical (unpaired) electrons. The van der Waals surface area contributed by atoms with Gasteiger partial charge in [-0.05, 0) is 81.0 Å². The van der Waals surface area contributed by atoms with E-state index < -0.39 is 0 Å². The second kappa shape index (κ2) is 11.4. The predicted molar refractivity (Wildman–Crippen MR) is 153 cm³/mol. The van der Waals surface area contributed by atoms with Crippen LogP contribution < -0.4 is 9.64 Å². The molecule has 9 heteroatoms. The summed E-state index contributed by atoms with van der Waals surface area (Å²) in [7, 11) is 0. The maximum absolute atomic E-state index is 14.9. The van der Waals surface area contributed by atoms with Crippen molar-refractivity contribution in [3.8, 4) is 5.75 Å². The van der Waals surface area contributed by atoms with Gasteiger partial charge in [-0.15, -0.1) is 0 Å². The van der Waals surface area contributed by atoms with Gasteiger partial charge in [0.25, 0.3) is 0 Å². The van der Waals surface area contributed by atoms with Crippen LogP contribution in [0.2, 0.25) is 5.02 Å². The average Bonchev–Trinajstić information content (AvgIpc) is 3.63. The number of piperidine rings is 1. The highest BCUT2D eigenvalue weighted by molar-refractivity contribution is 6.30. The van der Waals surface area contributed by atoms with E-state index in [4.69, 9.17) is 16.3 Å². The van der Waals surface area contributed by atoms with Crippen LogP contribution in [0.4, 0.5) is 10.3 Å². The number of benzene rings is 1. The lowest BCUT2D eigenvalue weighted by Crippen LogP contribution is -2.41. The lowest BCUT2D eigenvalue weighted by molar-refractivity contribution is -0.133. The Hall–Kier alpha value is -3.13. The minimum Gasteiger partial charge on any atom is -0.493 e. The fourth-order valence-corrected chi connectivity index (χ4v) is 6.79. The highest BCUT2D eigenvalue weighted by atomic mass is 35.5. The molecule has 1 amide bonds. The van der Waals surface area contributed by atoms with E-state index >= 15 is 0 Å². The molecule has 3 aliphatic rings. The van der Waals surface area contributed by atoms with Crippen LogP contribution in [0.5, 0.6) is 5.75 Å².